The second kappa shape index (κ2) is 4.62. The predicted octanol–water partition coefficient (Wildman–Crippen LogP) is 3.09. The van der Waals surface area contributed by atoms with Gasteiger partial charge in [-0.2, -0.15) is 0 Å². The van der Waals surface area contributed by atoms with Crippen LogP contribution in [0.4, 0.5) is 0 Å². The summed E-state index contributed by atoms with van der Waals surface area (Å²) in [7, 11) is 0. The maximum absolute atomic E-state index is 10.1. The van der Waals surface area contributed by atoms with Crippen LogP contribution in [0.25, 0.3) is 0 Å². The lowest BCUT2D eigenvalue weighted by atomic mass is 9.82. The van der Waals surface area contributed by atoms with Gasteiger partial charge in [-0.05, 0) is 26.3 Å². The summed E-state index contributed by atoms with van der Waals surface area (Å²) in [4.78, 5) is 1.02. The molecule has 3 rings (SSSR count). The second-order valence-electron chi connectivity index (χ2n) is 5.06. The Balaban J connectivity index is 2.10. The van der Waals surface area contributed by atoms with Gasteiger partial charge in [0.15, 0.2) is 0 Å². The smallest absolute Gasteiger partial charge is 0.112 e. The first-order valence-corrected chi connectivity index (χ1v) is 7.64. The molecular weight excluding hydrogens is 293 g/mol. The molecule has 1 spiro atoms. The summed E-state index contributed by atoms with van der Waals surface area (Å²) >= 11 is 13.8. The monoisotopic (exact) mass is 307 g/mol. The van der Waals surface area contributed by atoms with E-state index in [1.165, 1.54) is 11.3 Å². The van der Waals surface area contributed by atoms with Crippen molar-refractivity contribution >= 4 is 34.5 Å². The molecule has 2 aliphatic heterocycles. The van der Waals surface area contributed by atoms with Crippen LogP contribution in [-0.2, 0) is 10.3 Å². The summed E-state index contributed by atoms with van der Waals surface area (Å²) in [5.74, 6) is 0. The largest absolute Gasteiger partial charge is 0.386 e. The molecule has 0 bridgehead atoms. The zero-order valence-corrected chi connectivity index (χ0v) is 12.3. The van der Waals surface area contributed by atoms with Crippen molar-refractivity contribution in [3.8, 4) is 0 Å². The molecule has 2 N–H and O–H groups in total. The van der Waals surface area contributed by atoms with E-state index in [1.54, 1.807) is 0 Å². The molecule has 0 aromatic carbocycles. The number of aliphatic hydroxyl groups is 1. The first-order chi connectivity index (χ1) is 8.53. The van der Waals surface area contributed by atoms with Crippen LogP contribution in [0.1, 0.15) is 36.3 Å². The van der Waals surface area contributed by atoms with Gasteiger partial charge in [0, 0.05) is 16.5 Å². The lowest BCUT2D eigenvalue weighted by Crippen LogP contribution is -2.48. The van der Waals surface area contributed by atoms with Crippen molar-refractivity contribution in [2.75, 3.05) is 13.2 Å². The summed E-state index contributed by atoms with van der Waals surface area (Å²) in [5, 5.41) is 14.0. The topological polar surface area (TPSA) is 41.5 Å². The summed E-state index contributed by atoms with van der Waals surface area (Å²) in [6.07, 6.45) is 1.12. The predicted molar refractivity (Wildman–Crippen MR) is 73.6 cm³/mol. The Kier molecular flexibility index (Phi) is 3.37. The normalized spacial score (nSPS) is 35.8. The Labute approximate surface area is 120 Å². The Bertz CT molecular complexity index is 479. The van der Waals surface area contributed by atoms with Crippen LogP contribution >= 0.6 is 34.5 Å². The van der Waals surface area contributed by atoms with Gasteiger partial charge in [0.25, 0.3) is 0 Å². The second-order valence-corrected chi connectivity index (χ2v) is 7.06. The van der Waals surface area contributed by atoms with E-state index >= 15 is 0 Å². The summed E-state index contributed by atoms with van der Waals surface area (Å²) in [5.41, 5.74) is 0.466. The van der Waals surface area contributed by atoms with Crippen LogP contribution in [0.15, 0.2) is 0 Å². The third-order valence-corrected chi connectivity index (χ3v) is 5.97. The van der Waals surface area contributed by atoms with Gasteiger partial charge in [-0.3, -0.25) is 0 Å². The third-order valence-electron chi connectivity index (χ3n) is 3.77. The molecule has 2 aliphatic rings. The minimum absolute atomic E-state index is 0.298. The first-order valence-electron chi connectivity index (χ1n) is 6.07. The van der Waals surface area contributed by atoms with Crippen LogP contribution in [0.5, 0.6) is 0 Å². The highest BCUT2D eigenvalue weighted by atomic mass is 35.5. The maximum atomic E-state index is 10.1. The number of fused-ring (bicyclic) bond motifs is 2. The fraction of sp³-hybridized carbons (Fsp3) is 0.667. The molecule has 100 valence electrons. The molecule has 1 fully saturated rings. The van der Waals surface area contributed by atoms with Crippen molar-refractivity contribution in [3.05, 3.63) is 19.8 Å². The SMILES string of the molecule is C[C@H]1C[C@@]2(CCN1)OCC(O)c1c2sc(Cl)c1Cl. The van der Waals surface area contributed by atoms with Gasteiger partial charge in [-0.1, -0.05) is 23.2 Å². The maximum Gasteiger partial charge on any atom is 0.112 e. The van der Waals surface area contributed by atoms with E-state index in [1.807, 2.05) is 0 Å². The van der Waals surface area contributed by atoms with E-state index in [4.69, 9.17) is 27.9 Å². The number of thiophene rings is 1. The molecule has 0 radical (unpaired) electrons. The first kappa shape index (κ1) is 13.2. The van der Waals surface area contributed by atoms with Crippen molar-refractivity contribution in [3.63, 3.8) is 0 Å². The van der Waals surface area contributed by atoms with E-state index < -0.39 is 6.10 Å². The minimum Gasteiger partial charge on any atom is -0.386 e. The van der Waals surface area contributed by atoms with Gasteiger partial charge in [-0.25, -0.2) is 0 Å². The van der Waals surface area contributed by atoms with Gasteiger partial charge < -0.3 is 15.2 Å². The van der Waals surface area contributed by atoms with E-state index in [0.717, 1.165) is 29.8 Å². The van der Waals surface area contributed by atoms with Gasteiger partial charge in [0.2, 0.25) is 0 Å². The molecule has 1 unspecified atom stereocenters. The molecule has 6 heteroatoms. The van der Waals surface area contributed by atoms with Crippen LogP contribution in [-0.4, -0.2) is 24.3 Å². The molecule has 18 heavy (non-hydrogen) atoms. The van der Waals surface area contributed by atoms with Gasteiger partial charge >= 0.3 is 0 Å². The number of nitrogens with one attached hydrogen (secondary N) is 1. The van der Waals surface area contributed by atoms with E-state index in [0.29, 0.717) is 22.0 Å². The van der Waals surface area contributed by atoms with Crippen molar-refractivity contribution in [2.24, 2.45) is 0 Å². The molecule has 0 amide bonds. The Hall–Kier alpha value is 0.160. The van der Waals surface area contributed by atoms with E-state index in [-0.39, 0.29) is 5.60 Å². The van der Waals surface area contributed by atoms with E-state index in [2.05, 4.69) is 12.2 Å². The minimum atomic E-state index is -0.660. The number of ether oxygens (including phenoxy) is 1. The van der Waals surface area contributed by atoms with Crippen LogP contribution in [0.3, 0.4) is 0 Å². The number of hydrogen-bond donors (Lipinski definition) is 2. The van der Waals surface area contributed by atoms with Crippen LogP contribution in [0, 0.1) is 0 Å². The number of halogens is 2. The van der Waals surface area contributed by atoms with Gasteiger partial charge in [-0.15, -0.1) is 11.3 Å². The zero-order chi connectivity index (χ0) is 12.9. The highest BCUT2D eigenvalue weighted by Crippen LogP contribution is 2.52. The number of hydrogen-bond acceptors (Lipinski definition) is 4. The van der Waals surface area contributed by atoms with Crippen LogP contribution in [0.2, 0.25) is 9.36 Å². The average molecular weight is 308 g/mol. The Morgan fingerprint density at radius 2 is 2.28 bits per heavy atom. The summed E-state index contributed by atoms with van der Waals surface area (Å²) in [6.45, 7) is 3.35. The van der Waals surface area contributed by atoms with Crippen molar-refractivity contribution in [1.82, 2.24) is 5.32 Å². The Morgan fingerprint density at radius 3 is 3.00 bits per heavy atom. The van der Waals surface area contributed by atoms with Crippen molar-refractivity contribution < 1.29 is 9.84 Å². The van der Waals surface area contributed by atoms with Crippen molar-refractivity contribution in [1.29, 1.82) is 0 Å². The highest BCUT2D eigenvalue weighted by Gasteiger charge is 2.46. The third kappa shape index (κ3) is 1.90. The molecule has 1 aromatic rings. The molecule has 0 aliphatic carbocycles. The fourth-order valence-electron chi connectivity index (χ4n) is 2.94. The lowest BCUT2D eigenvalue weighted by Gasteiger charge is -2.43. The van der Waals surface area contributed by atoms with Crippen molar-refractivity contribution in [2.45, 2.75) is 37.5 Å². The standard InChI is InChI=1S/C12H15Cl2NO2S/c1-6-4-12(2-3-15-6)10-8(7(16)5-17-12)9(13)11(14)18-10/h6-7,15-16H,2-5H2,1H3/t6-,7?,12+/m0/s1. The number of rotatable bonds is 0. The van der Waals surface area contributed by atoms with Crippen LogP contribution < -0.4 is 5.32 Å². The molecule has 0 saturated carbocycles. The zero-order valence-electron chi connectivity index (χ0n) is 10.0. The number of piperidine rings is 1. The summed E-state index contributed by atoms with van der Waals surface area (Å²) in [6, 6.07) is 0.390. The highest BCUT2D eigenvalue weighted by molar-refractivity contribution is 7.17. The average Bonchev–Trinajstić information content (AvgIpc) is 2.63. The van der Waals surface area contributed by atoms with E-state index in [9.17, 15) is 5.11 Å². The molecule has 3 nitrogen and oxygen atoms in total. The van der Waals surface area contributed by atoms with Gasteiger partial charge in [0.1, 0.15) is 16.0 Å². The molecular formula is C12H15Cl2NO2S. The lowest BCUT2D eigenvalue weighted by molar-refractivity contribution is -0.121. The molecule has 3 atom stereocenters. The summed E-state index contributed by atoms with van der Waals surface area (Å²) < 4.78 is 6.54. The molecule has 3 heterocycles. The quantitative estimate of drug-likeness (QED) is 0.774. The number of aliphatic hydroxyl groups excluding tert-OH is 1. The molecule has 1 aromatic heterocycles. The van der Waals surface area contributed by atoms with Gasteiger partial charge in [0.05, 0.1) is 11.6 Å². The molecule has 1 saturated heterocycles. The Morgan fingerprint density at radius 1 is 1.50 bits per heavy atom. The fourth-order valence-corrected chi connectivity index (χ4v) is 4.83.